The van der Waals surface area contributed by atoms with E-state index in [0.717, 1.165) is 16.9 Å². The molecule has 7 heteroatoms. The van der Waals surface area contributed by atoms with Crippen LogP contribution < -0.4 is 14.8 Å². The number of amides is 2. The Morgan fingerprint density at radius 2 is 1.71 bits per heavy atom. The van der Waals surface area contributed by atoms with Crippen molar-refractivity contribution < 1.29 is 19.1 Å². The fourth-order valence-electron chi connectivity index (χ4n) is 4.18. The molecule has 3 aromatic rings. The normalized spacial score (nSPS) is 13.3. The molecule has 1 aliphatic rings. The topological polar surface area (TPSA) is 67.9 Å². The number of fused-ring (bicyclic) bond motifs is 1. The van der Waals surface area contributed by atoms with Gasteiger partial charge in [-0.05, 0) is 41.3 Å². The predicted octanol–water partition coefficient (Wildman–Crippen LogP) is 4.32. The third-order valence-electron chi connectivity index (χ3n) is 6.08. The summed E-state index contributed by atoms with van der Waals surface area (Å²) in [5.74, 6) is 2.42. The molecule has 0 spiro atoms. The van der Waals surface area contributed by atoms with Crippen molar-refractivity contribution >= 4 is 23.6 Å². The summed E-state index contributed by atoms with van der Waals surface area (Å²) in [6, 6.07) is 22.9. The second-order valence-electron chi connectivity index (χ2n) is 8.34. The van der Waals surface area contributed by atoms with Crippen LogP contribution in [0.1, 0.15) is 27.0 Å². The number of nitrogens with zero attached hydrogens (tertiary/aromatic N) is 1. The van der Waals surface area contributed by atoms with E-state index in [1.807, 2.05) is 60.7 Å². The lowest BCUT2D eigenvalue weighted by Gasteiger charge is -2.27. The van der Waals surface area contributed by atoms with Crippen LogP contribution >= 0.6 is 11.8 Å². The van der Waals surface area contributed by atoms with E-state index in [0.29, 0.717) is 42.3 Å². The SMILES string of the molecule is COc1ccc(CCNC(=O)[C@H](CSCc2ccccc2)N2Cc3ccccc3C2=O)cc1OC. The number of hydrogen-bond acceptors (Lipinski definition) is 5. The van der Waals surface area contributed by atoms with Gasteiger partial charge in [0.25, 0.3) is 5.91 Å². The highest BCUT2D eigenvalue weighted by Crippen LogP contribution is 2.28. The minimum atomic E-state index is -0.547. The lowest BCUT2D eigenvalue weighted by molar-refractivity contribution is -0.124. The van der Waals surface area contributed by atoms with E-state index in [-0.39, 0.29) is 11.8 Å². The molecule has 2 amide bonds. The lowest BCUT2D eigenvalue weighted by atomic mass is 10.1. The van der Waals surface area contributed by atoms with Crippen LogP contribution in [-0.4, -0.2) is 49.3 Å². The van der Waals surface area contributed by atoms with Crippen LogP contribution in [0.25, 0.3) is 0 Å². The Bertz CT molecular complexity index is 1170. The number of thioether (sulfide) groups is 1. The van der Waals surface area contributed by atoms with Gasteiger partial charge in [0, 0.05) is 30.2 Å². The average molecular weight is 491 g/mol. The summed E-state index contributed by atoms with van der Waals surface area (Å²) in [6.07, 6.45) is 0.643. The minimum absolute atomic E-state index is 0.0825. The van der Waals surface area contributed by atoms with Gasteiger partial charge >= 0.3 is 0 Å². The van der Waals surface area contributed by atoms with Gasteiger partial charge in [-0.3, -0.25) is 9.59 Å². The maximum absolute atomic E-state index is 13.3. The molecule has 0 bridgehead atoms. The Hall–Kier alpha value is -3.45. The molecular weight excluding hydrogens is 460 g/mol. The second-order valence-corrected chi connectivity index (χ2v) is 9.37. The molecule has 1 atom stereocenters. The number of carbonyl (C=O) groups excluding carboxylic acids is 2. The van der Waals surface area contributed by atoms with E-state index in [2.05, 4.69) is 17.4 Å². The highest BCUT2D eigenvalue weighted by molar-refractivity contribution is 7.98. The van der Waals surface area contributed by atoms with Crippen molar-refractivity contribution in [2.45, 2.75) is 24.8 Å². The summed E-state index contributed by atoms with van der Waals surface area (Å²) in [5.41, 5.74) is 3.88. The number of carbonyl (C=O) groups is 2. The minimum Gasteiger partial charge on any atom is -0.493 e. The number of benzene rings is 3. The molecule has 182 valence electrons. The summed E-state index contributed by atoms with van der Waals surface area (Å²) in [4.78, 5) is 28.1. The van der Waals surface area contributed by atoms with E-state index in [4.69, 9.17) is 9.47 Å². The Balaban J connectivity index is 1.41. The van der Waals surface area contributed by atoms with Gasteiger partial charge in [0.05, 0.1) is 14.2 Å². The zero-order valence-corrected chi connectivity index (χ0v) is 20.8. The number of nitrogens with one attached hydrogen (secondary N) is 1. The van der Waals surface area contributed by atoms with Gasteiger partial charge in [-0.1, -0.05) is 54.6 Å². The Labute approximate surface area is 210 Å². The average Bonchev–Trinajstić information content (AvgIpc) is 3.23. The van der Waals surface area contributed by atoms with Crippen LogP contribution in [-0.2, 0) is 23.5 Å². The summed E-state index contributed by atoms with van der Waals surface area (Å²) < 4.78 is 10.7. The van der Waals surface area contributed by atoms with Crippen LogP contribution in [0.5, 0.6) is 11.5 Å². The molecule has 0 saturated carbocycles. The first-order valence-corrected chi connectivity index (χ1v) is 12.8. The monoisotopic (exact) mass is 490 g/mol. The molecule has 6 nitrogen and oxygen atoms in total. The second kappa shape index (κ2) is 11.8. The van der Waals surface area contributed by atoms with Gasteiger partial charge in [-0.2, -0.15) is 11.8 Å². The number of hydrogen-bond donors (Lipinski definition) is 1. The predicted molar refractivity (Wildman–Crippen MR) is 139 cm³/mol. The van der Waals surface area contributed by atoms with Crippen molar-refractivity contribution in [3.8, 4) is 11.5 Å². The van der Waals surface area contributed by atoms with Crippen molar-refractivity contribution in [2.24, 2.45) is 0 Å². The van der Waals surface area contributed by atoms with E-state index in [1.54, 1.807) is 30.9 Å². The van der Waals surface area contributed by atoms with Crippen molar-refractivity contribution in [2.75, 3.05) is 26.5 Å². The molecule has 0 saturated heterocycles. The van der Waals surface area contributed by atoms with Crippen molar-refractivity contribution in [3.63, 3.8) is 0 Å². The molecule has 0 fully saturated rings. The van der Waals surface area contributed by atoms with Crippen LogP contribution in [0, 0.1) is 0 Å². The molecule has 3 aromatic carbocycles. The molecule has 1 aliphatic heterocycles. The molecule has 0 aliphatic carbocycles. The fourth-order valence-corrected chi connectivity index (χ4v) is 5.28. The van der Waals surface area contributed by atoms with Crippen LogP contribution in [0.4, 0.5) is 0 Å². The smallest absolute Gasteiger partial charge is 0.255 e. The zero-order valence-electron chi connectivity index (χ0n) is 20.0. The molecule has 4 rings (SSSR count). The van der Waals surface area contributed by atoms with Crippen molar-refractivity contribution in [1.82, 2.24) is 10.2 Å². The highest BCUT2D eigenvalue weighted by atomic mass is 32.2. The van der Waals surface area contributed by atoms with Gasteiger partial charge in [-0.15, -0.1) is 0 Å². The van der Waals surface area contributed by atoms with E-state index < -0.39 is 6.04 Å². The van der Waals surface area contributed by atoms with Gasteiger partial charge in [0.2, 0.25) is 5.91 Å². The number of rotatable bonds is 11. The van der Waals surface area contributed by atoms with E-state index >= 15 is 0 Å². The van der Waals surface area contributed by atoms with Gasteiger partial charge in [0.1, 0.15) is 6.04 Å². The van der Waals surface area contributed by atoms with Crippen LogP contribution in [0.2, 0.25) is 0 Å². The molecule has 0 aromatic heterocycles. The first kappa shape index (κ1) is 24.7. The molecular formula is C28H30N2O4S. The molecule has 1 heterocycles. The molecule has 0 unspecified atom stereocenters. The van der Waals surface area contributed by atoms with E-state index in [1.165, 1.54) is 5.56 Å². The van der Waals surface area contributed by atoms with Crippen molar-refractivity contribution in [1.29, 1.82) is 0 Å². The first-order chi connectivity index (χ1) is 17.1. The molecule has 1 N–H and O–H groups in total. The molecule has 0 radical (unpaired) electrons. The fraction of sp³-hybridized carbons (Fsp3) is 0.286. The third-order valence-corrected chi connectivity index (χ3v) is 7.17. The van der Waals surface area contributed by atoms with Crippen molar-refractivity contribution in [3.05, 3.63) is 95.1 Å². The van der Waals surface area contributed by atoms with Gasteiger partial charge < -0.3 is 19.7 Å². The highest BCUT2D eigenvalue weighted by Gasteiger charge is 2.36. The third kappa shape index (κ3) is 5.98. The van der Waals surface area contributed by atoms with Crippen LogP contribution in [0.3, 0.4) is 0 Å². The lowest BCUT2D eigenvalue weighted by Crippen LogP contribution is -2.49. The quantitative estimate of drug-likeness (QED) is 0.434. The van der Waals surface area contributed by atoms with Crippen LogP contribution in [0.15, 0.2) is 72.8 Å². The molecule has 35 heavy (non-hydrogen) atoms. The maximum Gasteiger partial charge on any atom is 0.255 e. The Morgan fingerprint density at radius 3 is 2.46 bits per heavy atom. The number of methoxy groups -OCH3 is 2. The zero-order chi connectivity index (χ0) is 24.6. The number of ether oxygens (including phenoxy) is 2. The summed E-state index contributed by atoms with van der Waals surface area (Å²) in [6.45, 7) is 0.915. The summed E-state index contributed by atoms with van der Waals surface area (Å²) >= 11 is 1.66. The maximum atomic E-state index is 13.3. The Morgan fingerprint density at radius 1 is 0.971 bits per heavy atom. The standard InChI is InChI=1S/C28H30N2O4S/c1-33-25-13-12-20(16-26(25)34-2)14-15-29-27(31)24(19-35-18-21-8-4-3-5-9-21)30-17-22-10-6-7-11-23(22)28(30)32/h3-13,16,24H,14-15,17-19H2,1-2H3,(H,29,31)/t24-/m0/s1. The van der Waals surface area contributed by atoms with Gasteiger partial charge in [-0.25, -0.2) is 0 Å². The largest absolute Gasteiger partial charge is 0.493 e. The Kier molecular flexibility index (Phi) is 8.32. The van der Waals surface area contributed by atoms with Gasteiger partial charge in [0.15, 0.2) is 11.5 Å². The summed E-state index contributed by atoms with van der Waals surface area (Å²) in [7, 11) is 3.21. The summed E-state index contributed by atoms with van der Waals surface area (Å²) in [5, 5.41) is 3.05. The van der Waals surface area contributed by atoms with E-state index in [9.17, 15) is 9.59 Å². The first-order valence-electron chi connectivity index (χ1n) is 11.6.